The average Bonchev–Trinajstić information content (AvgIpc) is 2.99. The van der Waals surface area contributed by atoms with Gasteiger partial charge in [-0.3, -0.25) is 14.7 Å². The fourth-order valence-electron chi connectivity index (χ4n) is 5.87. The summed E-state index contributed by atoms with van der Waals surface area (Å²) < 4.78 is 20.1. The number of aromatic nitrogens is 1. The Morgan fingerprint density at radius 2 is 1.83 bits per heavy atom. The number of rotatable bonds is 8. The number of anilines is 2. The van der Waals surface area contributed by atoms with E-state index in [-0.39, 0.29) is 34.6 Å². The van der Waals surface area contributed by atoms with Crippen LogP contribution in [0.1, 0.15) is 25.3 Å². The van der Waals surface area contributed by atoms with Crippen LogP contribution in [0.4, 0.5) is 15.8 Å². The molecule has 8 nitrogen and oxygen atoms in total. The molecule has 5 rings (SSSR count). The molecule has 2 saturated heterocycles. The third kappa shape index (κ3) is 7.16. The predicted octanol–water partition coefficient (Wildman–Crippen LogP) is 4.99. The predicted molar refractivity (Wildman–Crippen MR) is 172 cm³/mol. The highest BCUT2D eigenvalue weighted by Gasteiger charge is 2.33. The molecule has 3 heterocycles. The second kappa shape index (κ2) is 14.5. The number of nitrogens with two attached hydrogens (primary N) is 2. The van der Waals surface area contributed by atoms with Gasteiger partial charge >= 0.3 is 0 Å². The van der Waals surface area contributed by atoms with Crippen molar-refractivity contribution in [2.75, 3.05) is 56.5 Å². The Kier molecular flexibility index (Phi) is 11.1. The number of piperazine rings is 1. The van der Waals surface area contributed by atoms with Crippen molar-refractivity contribution >= 4 is 45.9 Å². The van der Waals surface area contributed by atoms with Crippen LogP contribution in [0.5, 0.6) is 5.75 Å². The minimum Gasteiger partial charge on any atom is -0.493 e. The fraction of sp³-hybridized carbons (Fsp3) is 0.419. The van der Waals surface area contributed by atoms with Crippen LogP contribution < -0.4 is 21.1 Å². The molecule has 3 aromatic rings. The van der Waals surface area contributed by atoms with Crippen LogP contribution in [0, 0.1) is 11.7 Å². The first-order valence-electron chi connectivity index (χ1n) is 14.3. The van der Waals surface area contributed by atoms with Gasteiger partial charge in [-0.25, -0.2) is 4.39 Å². The summed E-state index contributed by atoms with van der Waals surface area (Å²) in [6.45, 7) is 6.80. The van der Waals surface area contributed by atoms with Crippen molar-refractivity contribution in [1.29, 1.82) is 0 Å². The van der Waals surface area contributed by atoms with E-state index in [4.69, 9.17) is 27.8 Å². The summed E-state index contributed by atoms with van der Waals surface area (Å²) in [5, 5.41) is 0.656. The molecule has 0 bridgehead atoms. The van der Waals surface area contributed by atoms with Crippen molar-refractivity contribution in [3.63, 3.8) is 0 Å². The minimum absolute atomic E-state index is 0. The Morgan fingerprint density at radius 1 is 1.10 bits per heavy atom. The van der Waals surface area contributed by atoms with Gasteiger partial charge in [-0.05, 0) is 56.0 Å². The van der Waals surface area contributed by atoms with E-state index in [0.29, 0.717) is 61.4 Å². The number of hydrogen-bond acceptors (Lipinski definition) is 7. The number of amides is 1. The highest BCUT2D eigenvalue weighted by Crippen LogP contribution is 2.38. The summed E-state index contributed by atoms with van der Waals surface area (Å²) in [4.78, 5) is 23.9. The fourth-order valence-corrected chi connectivity index (χ4v) is 6.04. The highest BCUT2D eigenvalue weighted by atomic mass is 79.9. The Morgan fingerprint density at radius 3 is 2.52 bits per heavy atom. The normalized spacial score (nSPS) is 17.0. The van der Waals surface area contributed by atoms with Crippen molar-refractivity contribution in [2.24, 2.45) is 11.7 Å². The van der Waals surface area contributed by atoms with Crippen molar-refractivity contribution in [2.45, 2.75) is 32.4 Å². The van der Waals surface area contributed by atoms with Crippen LogP contribution in [0.25, 0.3) is 11.1 Å². The van der Waals surface area contributed by atoms with Crippen LogP contribution in [-0.4, -0.2) is 72.6 Å². The monoisotopic (exact) mass is 660 g/mol. The summed E-state index contributed by atoms with van der Waals surface area (Å²) in [6.07, 6.45) is 5.06. The first-order chi connectivity index (χ1) is 19.9. The SMILES string of the molecule is Br.CCOc1cccc(F)c1CN1CCN(C(=O)[C@H](N)C2CCN(c3cc(Cl)ccc3-c3cnccc3N)CC2)CC1. The molecule has 2 aromatic carbocycles. The number of nitrogens with zero attached hydrogens (tertiary/aromatic N) is 4. The zero-order chi connectivity index (χ0) is 28.9. The van der Waals surface area contributed by atoms with E-state index < -0.39 is 6.04 Å². The maximum atomic E-state index is 14.5. The van der Waals surface area contributed by atoms with Crippen LogP contribution in [0.15, 0.2) is 54.9 Å². The van der Waals surface area contributed by atoms with Crippen molar-refractivity contribution in [3.05, 3.63) is 71.3 Å². The number of pyridine rings is 1. The summed E-state index contributed by atoms with van der Waals surface area (Å²) in [6, 6.07) is 12.0. The molecule has 2 aliphatic heterocycles. The molecule has 2 fully saturated rings. The van der Waals surface area contributed by atoms with Gasteiger partial charge in [0, 0.05) is 91.3 Å². The van der Waals surface area contributed by atoms with E-state index in [9.17, 15) is 9.18 Å². The maximum Gasteiger partial charge on any atom is 0.239 e. The molecular formula is C31H39BrClFN6O2. The Balaban J connectivity index is 0.00000405. The third-order valence-electron chi connectivity index (χ3n) is 8.22. The van der Waals surface area contributed by atoms with E-state index in [1.54, 1.807) is 30.6 Å². The quantitative estimate of drug-likeness (QED) is 0.351. The van der Waals surface area contributed by atoms with Gasteiger partial charge < -0.3 is 26.0 Å². The molecule has 4 N–H and O–H groups in total. The van der Waals surface area contributed by atoms with Crippen molar-refractivity contribution in [1.82, 2.24) is 14.8 Å². The first kappa shape index (κ1) is 32.0. The lowest BCUT2D eigenvalue weighted by Gasteiger charge is -2.40. The van der Waals surface area contributed by atoms with E-state index in [2.05, 4.69) is 14.8 Å². The van der Waals surface area contributed by atoms with Crippen LogP contribution in [0.3, 0.4) is 0 Å². The van der Waals surface area contributed by atoms with Gasteiger partial charge in [0.2, 0.25) is 5.91 Å². The number of ether oxygens (including phenoxy) is 1. The Bertz CT molecular complexity index is 1370. The number of halogens is 3. The van der Waals surface area contributed by atoms with Gasteiger partial charge in [0.1, 0.15) is 11.6 Å². The lowest BCUT2D eigenvalue weighted by Crippen LogP contribution is -2.55. The van der Waals surface area contributed by atoms with Crippen LogP contribution in [0.2, 0.25) is 5.02 Å². The van der Waals surface area contributed by atoms with E-state index >= 15 is 0 Å². The Hall–Kier alpha value is -2.92. The van der Waals surface area contributed by atoms with Gasteiger partial charge in [0.05, 0.1) is 12.6 Å². The molecule has 2 aliphatic rings. The highest BCUT2D eigenvalue weighted by molar-refractivity contribution is 8.93. The molecule has 1 atom stereocenters. The van der Waals surface area contributed by atoms with Crippen LogP contribution in [-0.2, 0) is 11.3 Å². The second-order valence-electron chi connectivity index (χ2n) is 10.7. The van der Waals surface area contributed by atoms with Gasteiger partial charge in [0.25, 0.3) is 0 Å². The van der Waals surface area contributed by atoms with Gasteiger partial charge in [-0.1, -0.05) is 23.7 Å². The standard InChI is InChI=1S/C31H38ClFN6O2.BrH/c1-2-41-29-5-3-4-26(33)25(29)20-37-14-16-39(17-15-37)31(40)30(35)21-9-12-38(13-10-21)28-18-22(32)6-7-23(28)24-19-36-11-8-27(24)34;/h3-8,11,18-19,21,30H,2,9-10,12-17,20,35H2,1H3,(H2,34,36);1H/t30-;/m1./s1. The smallest absolute Gasteiger partial charge is 0.239 e. The summed E-state index contributed by atoms with van der Waals surface area (Å²) in [5.41, 5.74) is 16.9. The van der Waals surface area contributed by atoms with E-state index in [1.165, 1.54) is 6.07 Å². The van der Waals surface area contributed by atoms with E-state index in [1.807, 2.05) is 30.0 Å². The number of hydrogen-bond donors (Lipinski definition) is 2. The zero-order valence-electron chi connectivity index (χ0n) is 23.8. The Labute approximate surface area is 262 Å². The number of nitrogen functional groups attached to an aromatic ring is 1. The molecule has 42 heavy (non-hydrogen) atoms. The summed E-state index contributed by atoms with van der Waals surface area (Å²) >= 11 is 6.38. The molecule has 226 valence electrons. The molecule has 0 saturated carbocycles. The number of piperidine rings is 1. The summed E-state index contributed by atoms with van der Waals surface area (Å²) in [7, 11) is 0. The van der Waals surface area contributed by atoms with Gasteiger partial charge in [-0.2, -0.15) is 0 Å². The minimum atomic E-state index is -0.548. The molecule has 0 unspecified atom stereocenters. The molecular weight excluding hydrogens is 623 g/mol. The molecule has 1 amide bonds. The summed E-state index contributed by atoms with van der Waals surface area (Å²) in [5.74, 6) is 0.399. The van der Waals surface area contributed by atoms with Crippen LogP contribution >= 0.6 is 28.6 Å². The lowest BCUT2D eigenvalue weighted by molar-refractivity contribution is -0.135. The van der Waals surface area contributed by atoms with Crippen molar-refractivity contribution in [3.8, 4) is 16.9 Å². The molecule has 0 radical (unpaired) electrons. The molecule has 0 spiro atoms. The average molecular weight is 662 g/mol. The molecule has 1 aromatic heterocycles. The zero-order valence-corrected chi connectivity index (χ0v) is 26.3. The van der Waals surface area contributed by atoms with E-state index in [0.717, 1.165) is 42.7 Å². The number of carbonyl (C=O) groups is 1. The maximum absolute atomic E-state index is 14.5. The third-order valence-corrected chi connectivity index (χ3v) is 8.45. The van der Waals surface area contributed by atoms with Crippen molar-refractivity contribution < 1.29 is 13.9 Å². The van der Waals surface area contributed by atoms with Gasteiger partial charge in [0.15, 0.2) is 0 Å². The van der Waals surface area contributed by atoms with Gasteiger partial charge in [-0.15, -0.1) is 17.0 Å². The topological polar surface area (TPSA) is 101 Å². The second-order valence-corrected chi connectivity index (χ2v) is 11.2. The molecule has 0 aliphatic carbocycles. The molecule has 11 heteroatoms. The number of benzene rings is 2. The lowest BCUT2D eigenvalue weighted by atomic mass is 9.88. The first-order valence-corrected chi connectivity index (χ1v) is 14.6. The number of carbonyl (C=O) groups excluding carboxylic acids is 1. The largest absolute Gasteiger partial charge is 0.493 e.